The average Bonchev–Trinajstić information content (AvgIpc) is 2.93. The zero-order valence-electron chi connectivity index (χ0n) is 15.2. The number of Topliss-reactive ketones (excluding diaryl/α,β-unsaturated/α-hetero) is 1. The van der Waals surface area contributed by atoms with E-state index in [-0.39, 0.29) is 11.7 Å². The summed E-state index contributed by atoms with van der Waals surface area (Å²) in [5, 5.41) is 2.78. The Bertz CT molecular complexity index is 651. The van der Waals surface area contributed by atoms with E-state index in [0.29, 0.717) is 11.3 Å². The van der Waals surface area contributed by atoms with Crippen LogP contribution in [0.1, 0.15) is 23.7 Å². The van der Waals surface area contributed by atoms with Crippen LogP contribution in [0.25, 0.3) is 0 Å². The maximum Gasteiger partial charge on any atom is 0.229 e. The molecule has 1 saturated heterocycles. The maximum atomic E-state index is 11.1. The van der Waals surface area contributed by atoms with Crippen molar-refractivity contribution < 1.29 is 14.3 Å². The van der Waals surface area contributed by atoms with Gasteiger partial charge >= 0.3 is 0 Å². The van der Waals surface area contributed by atoms with Gasteiger partial charge in [0.05, 0.1) is 5.75 Å². The largest absolute Gasteiger partial charge is 0.457 e. The van der Waals surface area contributed by atoms with Crippen LogP contribution in [0.3, 0.4) is 0 Å². The number of nitrogens with one attached hydrogen (secondary N) is 1. The highest BCUT2D eigenvalue weighted by atomic mass is 32.2. The third kappa shape index (κ3) is 8.69. The van der Waals surface area contributed by atoms with Crippen LogP contribution in [0.2, 0.25) is 0 Å². The monoisotopic (exact) mass is 374 g/mol. The number of rotatable bonds is 3. The van der Waals surface area contributed by atoms with Crippen molar-refractivity contribution in [3.8, 4) is 11.5 Å². The minimum Gasteiger partial charge on any atom is -0.457 e. The molecule has 1 aliphatic heterocycles. The molecule has 1 aliphatic rings. The number of ketones is 1. The van der Waals surface area contributed by atoms with Crippen molar-refractivity contribution in [2.75, 3.05) is 25.1 Å². The summed E-state index contributed by atoms with van der Waals surface area (Å²) in [7, 11) is 1.50. The predicted molar refractivity (Wildman–Crippen MR) is 108 cm³/mol. The van der Waals surface area contributed by atoms with Gasteiger partial charge < -0.3 is 15.8 Å². The quantitative estimate of drug-likeness (QED) is 0.804. The van der Waals surface area contributed by atoms with Crippen LogP contribution in [0, 0.1) is 0 Å². The smallest absolute Gasteiger partial charge is 0.229 e. The SMILES string of the molecule is CC(=O)c1ccc(Oc2ccccc2)cc1.CN.O=C1CSCCCN1. The number of carbonyl (C=O) groups excluding carboxylic acids is 2. The highest BCUT2D eigenvalue weighted by Gasteiger charge is 2.03. The molecule has 2 aromatic carbocycles. The van der Waals surface area contributed by atoms with Crippen molar-refractivity contribution >= 4 is 23.5 Å². The second-order valence-corrected chi connectivity index (χ2v) is 6.36. The lowest BCUT2D eigenvalue weighted by atomic mass is 10.1. The van der Waals surface area contributed by atoms with Gasteiger partial charge in [-0.25, -0.2) is 0 Å². The summed E-state index contributed by atoms with van der Waals surface area (Å²) in [6.45, 7) is 2.42. The van der Waals surface area contributed by atoms with E-state index >= 15 is 0 Å². The first-order valence-electron chi connectivity index (χ1n) is 8.41. The second kappa shape index (κ2) is 13.0. The second-order valence-electron chi connectivity index (χ2n) is 5.25. The lowest BCUT2D eigenvalue weighted by Crippen LogP contribution is -2.23. The molecule has 26 heavy (non-hydrogen) atoms. The first-order valence-corrected chi connectivity index (χ1v) is 9.57. The molecule has 0 unspecified atom stereocenters. The van der Waals surface area contributed by atoms with Crippen molar-refractivity contribution in [1.29, 1.82) is 0 Å². The normalized spacial score (nSPS) is 13.0. The Morgan fingerprint density at radius 1 is 1.04 bits per heavy atom. The topological polar surface area (TPSA) is 81.4 Å². The molecule has 0 spiro atoms. The third-order valence-electron chi connectivity index (χ3n) is 3.26. The zero-order chi connectivity index (χ0) is 19.2. The van der Waals surface area contributed by atoms with Gasteiger partial charge in [0, 0.05) is 12.1 Å². The number of benzene rings is 2. The zero-order valence-corrected chi connectivity index (χ0v) is 16.1. The number of para-hydroxylation sites is 1. The van der Waals surface area contributed by atoms with E-state index in [2.05, 4.69) is 11.1 Å². The molecule has 0 saturated carbocycles. The summed E-state index contributed by atoms with van der Waals surface area (Å²) in [5.74, 6) is 3.55. The first kappa shape index (κ1) is 21.7. The Kier molecular flexibility index (Phi) is 10.8. The molecular formula is C20H26N2O3S. The van der Waals surface area contributed by atoms with Gasteiger partial charge in [-0.2, -0.15) is 11.8 Å². The van der Waals surface area contributed by atoms with E-state index in [9.17, 15) is 9.59 Å². The molecule has 1 amide bonds. The molecule has 0 atom stereocenters. The van der Waals surface area contributed by atoms with Crippen LogP contribution in [-0.4, -0.2) is 36.8 Å². The van der Waals surface area contributed by atoms with Crippen LogP contribution >= 0.6 is 11.8 Å². The summed E-state index contributed by atoms with van der Waals surface area (Å²) in [6.07, 6.45) is 1.12. The minimum atomic E-state index is 0.0614. The number of hydrogen-bond donors (Lipinski definition) is 2. The van der Waals surface area contributed by atoms with Crippen molar-refractivity contribution in [3.05, 3.63) is 60.2 Å². The van der Waals surface area contributed by atoms with Crippen LogP contribution in [0.15, 0.2) is 54.6 Å². The maximum absolute atomic E-state index is 11.1. The number of carbonyl (C=O) groups is 2. The number of thioether (sulfide) groups is 1. The average molecular weight is 375 g/mol. The molecule has 0 aliphatic carbocycles. The van der Waals surface area contributed by atoms with Crippen LogP contribution in [0.4, 0.5) is 0 Å². The highest BCUT2D eigenvalue weighted by molar-refractivity contribution is 7.99. The lowest BCUT2D eigenvalue weighted by Gasteiger charge is -2.05. The summed E-state index contributed by atoms with van der Waals surface area (Å²) in [6, 6.07) is 16.7. The Labute approximate surface area is 159 Å². The van der Waals surface area contributed by atoms with Gasteiger partial charge in [0.25, 0.3) is 0 Å². The van der Waals surface area contributed by atoms with E-state index in [1.54, 1.807) is 43.0 Å². The van der Waals surface area contributed by atoms with Crippen LogP contribution in [0.5, 0.6) is 11.5 Å². The van der Waals surface area contributed by atoms with Crippen molar-refractivity contribution in [2.24, 2.45) is 5.73 Å². The van der Waals surface area contributed by atoms with Gasteiger partial charge in [-0.05, 0) is 62.5 Å². The molecule has 1 fully saturated rings. The standard InChI is InChI=1S/C14H12O2.C5H9NOS.CH5N/c1-11(15)12-7-9-14(10-8-12)16-13-5-3-2-4-6-13;7-5-4-8-3-1-2-6-5;1-2/h2-10H,1H3;1-4H2,(H,6,7);2H2,1H3. The van der Waals surface area contributed by atoms with Gasteiger partial charge in [0.15, 0.2) is 5.78 Å². The molecule has 5 nitrogen and oxygen atoms in total. The summed E-state index contributed by atoms with van der Waals surface area (Å²) in [5.41, 5.74) is 5.19. The molecular weight excluding hydrogens is 348 g/mol. The Hall–Kier alpha value is -2.31. The molecule has 2 aromatic rings. The third-order valence-corrected chi connectivity index (χ3v) is 4.30. The highest BCUT2D eigenvalue weighted by Crippen LogP contribution is 2.21. The number of ether oxygens (including phenoxy) is 1. The molecule has 140 valence electrons. The Balaban J connectivity index is 0.000000284. The summed E-state index contributed by atoms with van der Waals surface area (Å²) >= 11 is 1.71. The first-order chi connectivity index (χ1) is 12.6. The van der Waals surface area contributed by atoms with Gasteiger partial charge in [-0.1, -0.05) is 18.2 Å². The molecule has 3 N–H and O–H groups in total. The Morgan fingerprint density at radius 2 is 1.65 bits per heavy atom. The van der Waals surface area contributed by atoms with Crippen molar-refractivity contribution in [3.63, 3.8) is 0 Å². The lowest BCUT2D eigenvalue weighted by molar-refractivity contribution is -0.118. The van der Waals surface area contributed by atoms with Gasteiger partial charge in [0.1, 0.15) is 11.5 Å². The number of nitrogens with two attached hydrogens (primary N) is 1. The number of amides is 1. The molecule has 1 heterocycles. The van der Waals surface area contributed by atoms with E-state index < -0.39 is 0 Å². The Morgan fingerprint density at radius 3 is 2.27 bits per heavy atom. The molecule has 6 heteroatoms. The molecule has 3 rings (SSSR count). The predicted octanol–water partition coefficient (Wildman–Crippen LogP) is 3.50. The fourth-order valence-corrected chi connectivity index (χ4v) is 2.78. The van der Waals surface area contributed by atoms with Crippen LogP contribution in [-0.2, 0) is 4.79 Å². The minimum absolute atomic E-state index is 0.0614. The summed E-state index contributed by atoms with van der Waals surface area (Å²) < 4.78 is 5.60. The van der Waals surface area contributed by atoms with Crippen molar-refractivity contribution in [2.45, 2.75) is 13.3 Å². The van der Waals surface area contributed by atoms with Gasteiger partial charge in [0.2, 0.25) is 5.91 Å². The fourth-order valence-electron chi connectivity index (χ4n) is 2.00. The molecule has 0 aromatic heterocycles. The number of hydrogen-bond acceptors (Lipinski definition) is 5. The fraction of sp³-hybridized carbons (Fsp3) is 0.300. The van der Waals surface area contributed by atoms with Gasteiger partial charge in [-0.15, -0.1) is 0 Å². The van der Waals surface area contributed by atoms with E-state index in [4.69, 9.17) is 4.74 Å². The van der Waals surface area contributed by atoms with Gasteiger partial charge in [-0.3, -0.25) is 9.59 Å². The molecule has 0 bridgehead atoms. The van der Waals surface area contributed by atoms with E-state index in [0.717, 1.165) is 30.2 Å². The van der Waals surface area contributed by atoms with Crippen molar-refractivity contribution in [1.82, 2.24) is 5.32 Å². The van der Waals surface area contributed by atoms with Crippen LogP contribution < -0.4 is 15.8 Å². The molecule has 0 radical (unpaired) electrons. The van der Waals surface area contributed by atoms with E-state index in [1.165, 1.54) is 7.05 Å². The van der Waals surface area contributed by atoms with E-state index in [1.807, 2.05) is 30.3 Å². The summed E-state index contributed by atoms with van der Waals surface area (Å²) in [4.78, 5) is 21.6.